The van der Waals surface area contributed by atoms with Crippen LogP contribution in [-0.4, -0.2) is 48.1 Å². The fraction of sp³-hybridized carbons (Fsp3) is 0.692. The van der Waals surface area contributed by atoms with Gasteiger partial charge >= 0.3 is 0 Å². The first kappa shape index (κ1) is 15.1. The van der Waals surface area contributed by atoms with Gasteiger partial charge in [-0.05, 0) is 12.8 Å². The van der Waals surface area contributed by atoms with E-state index >= 15 is 0 Å². The number of amides is 1. The molecule has 1 aromatic rings. The molecule has 6 nitrogen and oxygen atoms in total. The molecule has 1 atom stereocenters. The van der Waals surface area contributed by atoms with Gasteiger partial charge in [-0.15, -0.1) is 0 Å². The van der Waals surface area contributed by atoms with Crippen LogP contribution in [0.3, 0.4) is 0 Å². The van der Waals surface area contributed by atoms with Crippen molar-refractivity contribution in [1.82, 2.24) is 9.88 Å². The molecule has 112 valence electrons. The first-order valence-corrected chi connectivity index (χ1v) is 7.87. The fourth-order valence-corrected chi connectivity index (χ4v) is 3.05. The summed E-state index contributed by atoms with van der Waals surface area (Å²) in [5.41, 5.74) is 5.89. The zero-order valence-electron chi connectivity index (χ0n) is 12.0. The van der Waals surface area contributed by atoms with Gasteiger partial charge in [-0.1, -0.05) is 25.2 Å². The average Bonchev–Trinajstić information content (AvgIpc) is 2.85. The number of nitrogens with two attached hydrogens (primary N) is 1. The predicted molar refractivity (Wildman–Crippen MR) is 81.2 cm³/mol. The van der Waals surface area contributed by atoms with E-state index in [1.807, 2.05) is 4.90 Å². The number of morpholine rings is 1. The van der Waals surface area contributed by atoms with Gasteiger partial charge in [-0.2, -0.15) is 0 Å². The molecule has 1 amide bonds. The lowest BCUT2D eigenvalue weighted by Crippen LogP contribution is -2.48. The van der Waals surface area contributed by atoms with Crippen molar-refractivity contribution in [3.8, 4) is 0 Å². The number of carbonyl (C=O) groups is 1. The van der Waals surface area contributed by atoms with Crippen molar-refractivity contribution >= 4 is 28.2 Å². The van der Waals surface area contributed by atoms with E-state index in [0.717, 1.165) is 19.4 Å². The first-order valence-electron chi connectivity index (χ1n) is 7.06. The van der Waals surface area contributed by atoms with Crippen LogP contribution in [0.4, 0.5) is 10.9 Å². The number of ether oxygens (including phenoxy) is 1. The molecule has 1 aliphatic rings. The summed E-state index contributed by atoms with van der Waals surface area (Å²) in [6.45, 7) is 6.77. The van der Waals surface area contributed by atoms with Gasteiger partial charge in [-0.25, -0.2) is 4.98 Å². The summed E-state index contributed by atoms with van der Waals surface area (Å²) in [6.07, 6.45) is 1.88. The maximum Gasteiger partial charge on any atom is 0.268 e. The van der Waals surface area contributed by atoms with Gasteiger partial charge in [-0.3, -0.25) is 4.79 Å². The molecule has 0 aromatic carbocycles. The second kappa shape index (κ2) is 6.90. The molecular weight excluding hydrogens is 276 g/mol. The van der Waals surface area contributed by atoms with Gasteiger partial charge in [0.1, 0.15) is 10.7 Å². The summed E-state index contributed by atoms with van der Waals surface area (Å²) >= 11 is 1.33. The molecule has 3 N–H and O–H groups in total. The smallest absolute Gasteiger partial charge is 0.268 e. The molecule has 1 aromatic heterocycles. The molecule has 0 saturated carbocycles. The standard InChI is InChI=1S/C13H22N4O2S/c1-3-5-15-13-16-11(14)10(20-13)12(18)17-6-7-19-8-9(17)4-2/h9H,3-8,14H2,1-2H3,(H,15,16). The lowest BCUT2D eigenvalue weighted by molar-refractivity contribution is -0.00249. The molecule has 1 saturated heterocycles. The molecule has 7 heteroatoms. The minimum Gasteiger partial charge on any atom is -0.382 e. The zero-order valence-corrected chi connectivity index (χ0v) is 12.8. The molecule has 0 bridgehead atoms. The topological polar surface area (TPSA) is 80.5 Å². The number of nitrogens with one attached hydrogen (secondary N) is 1. The highest BCUT2D eigenvalue weighted by Crippen LogP contribution is 2.27. The van der Waals surface area contributed by atoms with Crippen LogP contribution in [0.15, 0.2) is 0 Å². The van der Waals surface area contributed by atoms with Gasteiger partial charge in [0.25, 0.3) is 5.91 Å². The molecular formula is C13H22N4O2S. The quantitative estimate of drug-likeness (QED) is 0.866. The van der Waals surface area contributed by atoms with Crippen LogP contribution >= 0.6 is 11.3 Å². The minimum atomic E-state index is -0.0281. The number of nitrogen functional groups attached to an aromatic ring is 1. The van der Waals surface area contributed by atoms with Crippen molar-refractivity contribution < 1.29 is 9.53 Å². The summed E-state index contributed by atoms with van der Waals surface area (Å²) in [5.74, 6) is 0.291. The molecule has 1 aliphatic heterocycles. The normalized spacial score (nSPS) is 19.1. The van der Waals surface area contributed by atoms with Crippen molar-refractivity contribution in [1.29, 1.82) is 0 Å². The van der Waals surface area contributed by atoms with E-state index in [9.17, 15) is 4.79 Å². The number of carbonyl (C=O) groups excluding carboxylic acids is 1. The van der Waals surface area contributed by atoms with E-state index < -0.39 is 0 Å². The zero-order chi connectivity index (χ0) is 14.5. The van der Waals surface area contributed by atoms with E-state index in [1.165, 1.54) is 11.3 Å². The van der Waals surface area contributed by atoms with Gasteiger partial charge in [0, 0.05) is 13.1 Å². The number of hydrogen-bond donors (Lipinski definition) is 2. The van der Waals surface area contributed by atoms with E-state index in [1.54, 1.807) is 0 Å². The summed E-state index contributed by atoms with van der Waals surface area (Å²) in [5, 5.41) is 3.89. The lowest BCUT2D eigenvalue weighted by Gasteiger charge is -2.34. The van der Waals surface area contributed by atoms with Gasteiger partial charge in [0.15, 0.2) is 5.13 Å². The van der Waals surface area contributed by atoms with E-state index in [0.29, 0.717) is 35.6 Å². The van der Waals surface area contributed by atoms with E-state index in [4.69, 9.17) is 10.5 Å². The highest BCUT2D eigenvalue weighted by Gasteiger charge is 2.29. The molecule has 2 rings (SSSR count). The summed E-state index contributed by atoms with van der Waals surface area (Å²) in [6, 6.07) is 0.129. The van der Waals surface area contributed by atoms with Crippen LogP contribution in [0, 0.1) is 0 Å². The average molecular weight is 298 g/mol. The van der Waals surface area contributed by atoms with Gasteiger partial charge in [0.2, 0.25) is 0 Å². The number of aromatic nitrogens is 1. The molecule has 1 fully saturated rings. The molecule has 0 aliphatic carbocycles. The van der Waals surface area contributed by atoms with Crippen LogP contribution in [-0.2, 0) is 4.74 Å². The number of anilines is 2. The monoisotopic (exact) mass is 298 g/mol. The predicted octanol–water partition coefficient (Wildman–Crippen LogP) is 1.80. The molecule has 20 heavy (non-hydrogen) atoms. The fourth-order valence-electron chi connectivity index (χ4n) is 2.18. The van der Waals surface area contributed by atoms with Crippen molar-refractivity contribution in [3.63, 3.8) is 0 Å². The second-order valence-corrected chi connectivity index (χ2v) is 5.79. The van der Waals surface area contributed by atoms with Crippen LogP contribution in [0.1, 0.15) is 36.4 Å². The maximum atomic E-state index is 12.6. The SMILES string of the molecule is CCCNc1nc(N)c(C(=O)N2CCOCC2CC)s1. The summed E-state index contributed by atoms with van der Waals surface area (Å²) in [4.78, 5) is 19.2. The van der Waals surface area contributed by atoms with Crippen molar-refractivity contribution in [2.24, 2.45) is 0 Å². The largest absolute Gasteiger partial charge is 0.382 e. The summed E-state index contributed by atoms with van der Waals surface area (Å²) < 4.78 is 5.43. The Morgan fingerprint density at radius 1 is 1.60 bits per heavy atom. The summed E-state index contributed by atoms with van der Waals surface area (Å²) in [7, 11) is 0. The third-order valence-corrected chi connectivity index (χ3v) is 4.35. The second-order valence-electron chi connectivity index (χ2n) is 4.80. The Balaban J connectivity index is 2.13. The molecule has 0 spiro atoms. The van der Waals surface area contributed by atoms with Crippen LogP contribution in [0.2, 0.25) is 0 Å². The van der Waals surface area contributed by atoms with E-state index in [2.05, 4.69) is 24.1 Å². The number of hydrogen-bond acceptors (Lipinski definition) is 6. The third kappa shape index (κ3) is 3.21. The number of rotatable bonds is 5. The molecule has 1 unspecified atom stereocenters. The van der Waals surface area contributed by atoms with Crippen LogP contribution in [0.25, 0.3) is 0 Å². The molecule has 2 heterocycles. The Morgan fingerprint density at radius 2 is 2.40 bits per heavy atom. The minimum absolute atomic E-state index is 0.0281. The highest BCUT2D eigenvalue weighted by molar-refractivity contribution is 7.18. The number of thiazole rings is 1. The van der Waals surface area contributed by atoms with Gasteiger partial charge < -0.3 is 20.7 Å². The Bertz CT molecular complexity index is 463. The Morgan fingerprint density at radius 3 is 3.10 bits per heavy atom. The highest BCUT2D eigenvalue weighted by atomic mass is 32.1. The Kier molecular flexibility index (Phi) is 5.19. The lowest BCUT2D eigenvalue weighted by atomic mass is 10.1. The first-order chi connectivity index (χ1) is 9.67. The van der Waals surface area contributed by atoms with Gasteiger partial charge in [0.05, 0.1) is 19.3 Å². The van der Waals surface area contributed by atoms with Crippen LogP contribution in [0.5, 0.6) is 0 Å². The molecule has 0 radical (unpaired) electrons. The third-order valence-electron chi connectivity index (χ3n) is 3.33. The van der Waals surface area contributed by atoms with Crippen molar-refractivity contribution in [2.75, 3.05) is 37.4 Å². The maximum absolute atomic E-state index is 12.6. The van der Waals surface area contributed by atoms with Crippen molar-refractivity contribution in [3.05, 3.63) is 4.88 Å². The van der Waals surface area contributed by atoms with E-state index in [-0.39, 0.29) is 11.9 Å². The Hall–Kier alpha value is -1.34. The van der Waals surface area contributed by atoms with Crippen molar-refractivity contribution in [2.45, 2.75) is 32.7 Å². The Labute approximate surface area is 123 Å². The van der Waals surface area contributed by atoms with Crippen LogP contribution < -0.4 is 11.1 Å². The number of nitrogens with zero attached hydrogens (tertiary/aromatic N) is 2.